The van der Waals surface area contributed by atoms with E-state index in [0.29, 0.717) is 10.9 Å². The minimum absolute atomic E-state index is 0.0272. The van der Waals surface area contributed by atoms with Crippen molar-refractivity contribution in [1.82, 2.24) is 9.97 Å². The molecular weight excluding hydrogens is 326 g/mol. The van der Waals surface area contributed by atoms with E-state index in [2.05, 4.69) is 9.97 Å². The molecule has 25 heavy (non-hydrogen) atoms. The molecule has 0 aliphatic carbocycles. The van der Waals surface area contributed by atoms with Gasteiger partial charge in [0.2, 0.25) is 0 Å². The number of carbonyl (C=O) groups is 1. The standard InChI is InChI=1S/C16H13N5O4/c17-12-7-9(21(23)24)5-6-10(12)16(22)25-8-14-19-13-4-2-1-3-11(13)15(18)20-14/h1-7H,8,17H2,(H2,18,19,20). The van der Waals surface area contributed by atoms with Gasteiger partial charge in [-0.15, -0.1) is 0 Å². The number of nitro groups is 1. The molecule has 0 fully saturated rings. The molecule has 0 unspecified atom stereocenters. The summed E-state index contributed by atoms with van der Waals surface area (Å²) < 4.78 is 5.13. The van der Waals surface area contributed by atoms with E-state index in [9.17, 15) is 14.9 Å². The summed E-state index contributed by atoms with van der Waals surface area (Å²) in [7, 11) is 0. The molecule has 0 aliphatic heterocycles. The predicted molar refractivity (Wildman–Crippen MR) is 90.6 cm³/mol. The number of hydrogen-bond donors (Lipinski definition) is 2. The Hall–Kier alpha value is -3.75. The van der Waals surface area contributed by atoms with E-state index in [1.165, 1.54) is 12.1 Å². The lowest BCUT2D eigenvalue weighted by Crippen LogP contribution is -2.11. The summed E-state index contributed by atoms with van der Waals surface area (Å²) in [6.45, 7) is -0.204. The third-order valence-corrected chi connectivity index (χ3v) is 3.48. The molecule has 9 heteroatoms. The van der Waals surface area contributed by atoms with Crippen molar-refractivity contribution in [2.24, 2.45) is 0 Å². The van der Waals surface area contributed by atoms with Crippen LogP contribution < -0.4 is 11.5 Å². The Bertz CT molecular complexity index is 989. The Morgan fingerprint density at radius 1 is 1.16 bits per heavy atom. The monoisotopic (exact) mass is 339 g/mol. The zero-order chi connectivity index (χ0) is 18.0. The maximum atomic E-state index is 12.1. The van der Waals surface area contributed by atoms with Crippen molar-refractivity contribution in [2.45, 2.75) is 6.61 Å². The number of nitro benzene ring substituents is 1. The van der Waals surface area contributed by atoms with Gasteiger partial charge in [0.1, 0.15) is 5.82 Å². The molecule has 0 bridgehead atoms. The van der Waals surface area contributed by atoms with Crippen molar-refractivity contribution in [3.63, 3.8) is 0 Å². The molecule has 0 spiro atoms. The van der Waals surface area contributed by atoms with Crippen LogP contribution in [0.1, 0.15) is 16.2 Å². The maximum absolute atomic E-state index is 12.1. The Labute approximate surface area is 141 Å². The van der Waals surface area contributed by atoms with Crippen molar-refractivity contribution >= 4 is 34.1 Å². The summed E-state index contributed by atoms with van der Waals surface area (Å²) in [6.07, 6.45) is 0. The third-order valence-electron chi connectivity index (χ3n) is 3.48. The lowest BCUT2D eigenvalue weighted by Gasteiger charge is -2.08. The molecule has 1 aromatic heterocycles. The second-order valence-electron chi connectivity index (χ2n) is 5.15. The van der Waals surface area contributed by atoms with E-state index in [-0.39, 0.29) is 35.2 Å². The Morgan fingerprint density at radius 2 is 1.92 bits per heavy atom. The van der Waals surface area contributed by atoms with E-state index in [1.807, 2.05) is 12.1 Å². The van der Waals surface area contributed by atoms with Gasteiger partial charge in [-0.25, -0.2) is 14.8 Å². The Morgan fingerprint density at radius 3 is 2.64 bits per heavy atom. The molecule has 126 valence electrons. The van der Waals surface area contributed by atoms with E-state index >= 15 is 0 Å². The molecule has 0 amide bonds. The van der Waals surface area contributed by atoms with Crippen LogP contribution >= 0.6 is 0 Å². The molecule has 4 N–H and O–H groups in total. The Kier molecular flexibility index (Phi) is 4.12. The number of ether oxygens (including phenoxy) is 1. The molecule has 0 aliphatic rings. The first-order valence-corrected chi connectivity index (χ1v) is 7.18. The average molecular weight is 339 g/mol. The molecule has 0 saturated heterocycles. The van der Waals surface area contributed by atoms with E-state index < -0.39 is 10.9 Å². The van der Waals surface area contributed by atoms with Gasteiger partial charge in [0.25, 0.3) is 5.69 Å². The highest BCUT2D eigenvalue weighted by Crippen LogP contribution is 2.21. The fraction of sp³-hybridized carbons (Fsp3) is 0.0625. The van der Waals surface area contributed by atoms with Gasteiger partial charge in [-0.1, -0.05) is 12.1 Å². The van der Waals surface area contributed by atoms with Crippen LogP contribution in [0, 0.1) is 10.1 Å². The minimum atomic E-state index is -0.734. The third kappa shape index (κ3) is 3.29. The number of aromatic nitrogens is 2. The average Bonchev–Trinajstić information content (AvgIpc) is 2.59. The van der Waals surface area contributed by atoms with E-state index in [4.69, 9.17) is 16.2 Å². The zero-order valence-corrected chi connectivity index (χ0v) is 12.9. The molecule has 0 radical (unpaired) electrons. The van der Waals surface area contributed by atoms with Gasteiger partial charge in [-0.2, -0.15) is 0 Å². The highest BCUT2D eigenvalue weighted by atomic mass is 16.6. The molecule has 3 rings (SSSR count). The number of carbonyl (C=O) groups excluding carboxylic acids is 1. The SMILES string of the molecule is Nc1cc([N+](=O)[O-])ccc1C(=O)OCc1nc(N)c2ccccc2n1. The highest BCUT2D eigenvalue weighted by molar-refractivity contribution is 5.95. The van der Waals surface area contributed by atoms with Gasteiger partial charge in [0, 0.05) is 17.5 Å². The van der Waals surface area contributed by atoms with Gasteiger partial charge < -0.3 is 16.2 Å². The lowest BCUT2D eigenvalue weighted by atomic mass is 10.1. The number of nitrogens with zero attached hydrogens (tertiary/aromatic N) is 3. The quantitative estimate of drug-likeness (QED) is 0.317. The Balaban J connectivity index is 1.77. The van der Waals surface area contributed by atoms with Crippen LogP contribution in [0.25, 0.3) is 10.9 Å². The summed E-state index contributed by atoms with van der Waals surface area (Å²) in [4.78, 5) is 30.6. The number of anilines is 2. The van der Waals surface area contributed by atoms with Gasteiger partial charge in [0.15, 0.2) is 12.4 Å². The van der Waals surface area contributed by atoms with Crippen LogP contribution in [0.3, 0.4) is 0 Å². The number of nitrogens with two attached hydrogens (primary N) is 2. The minimum Gasteiger partial charge on any atom is -0.454 e. The fourth-order valence-electron chi connectivity index (χ4n) is 2.27. The number of fused-ring (bicyclic) bond motifs is 1. The highest BCUT2D eigenvalue weighted by Gasteiger charge is 2.16. The smallest absolute Gasteiger partial charge is 0.340 e. The van der Waals surface area contributed by atoms with Crippen LogP contribution in [-0.2, 0) is 11.3 Å². The number of non-ortho nitro benzene ring substituents is 1. The molecule has 1 heterocycles. The molecule has 2 aromatic carbocycles. The molecule has 3 aromatic rings. The fourth-order valence-corrected chi connectivity index (χ4v) is 2.27. The predicted octanol–water partition coefficient (Wildman–Crippen LogP) is 2.06. The summed E-state index contributed by atoms with van der Waals surface area (Å²) in [6, 6.07) is 10.7. The molecular formula is C16H13N5O4. The van der Waals surface area contributed by atoms with Crippen LogP contribution in [0.4, 0.5) is 17.2 Å². The normalized spacial score (nSPS) is 10.6. The van der Waals surface area contributed by atoms with E-state index in [0.717, 1.165) is 6.07 Å². The maximum Gasteiger partial charge on any atom is 0.340 e. The number of rotatable bonds is 4. The van der Waals surface area contributed by atoms with Crippen molar-refractivity contribution in [2.75, 3.05) is 11.5 Å². The first kappa shape index (κ1) is 16.1. The summed E-state index contributed by atoms with van der Waals surface area (Å²) >= 11 is 0. The number of esters is 1. The zero-order valence-electron chi connectivity index (χ0n) is 12.9. The first-order chi connectivity index (χ1) is 12.0. The molecule has 0 saturated carbocycles. The lowest BCUT2D eigenvalue weighted by molar-refractivity contribution is -0.384. The van der Waals surface area contributed by atoms with Crippen LogP contribution in [-0.4, -0.2) is 20.9 Å². The van der Waals surface area contributed by atoms with Gasteiger partial charge in [0.05, 0.1) is 21.7 Å². The van der Waals surface area contributed by atoms with Gasteiger partial charge in [-0.3, -0.25) is 10.1 Å². The summed E-state index contributed by atoms with van der Waals surface area (Å²) in [5.74, 6) is -0.209. The van der Waals surface area contributed by atoms with Crippen molar-refractivity contribution in [1.29, 1.82) is 0 Å². The van der Waals surface area contributed by atoms with Crippen molar-refractivity contribution < 1.29 is 14.5 Å². The van der Waals surface area contributed by atoms with Gasteiger partial charge in [-0.05, 0) is 18.2 Å². The van der Waals surface area contributed by atoms with Crippen molar-refractivity contribution in [3.8, 4) is 0 Å². The summed E-state index contributed by atoms with van der Waals surface area (Å²) in [5.41, 5.74) is 11.9. The van der Waals surface area contributed by atoms with Gasteiger partial charge >= 0.3 is 5.97 Å². The molecule has 9 nitrogen and oxygen atoms in total. The van der Waals surface area contributed by atoms with E-state index in [1.54, 1.807) is 12.1 Å². The number of benzene rings is 2. The van der Waals surface area contributed by atoms with Crippen LogP contribution in [0.15, 0.2) is 42.5 Å². The van der Waals surface area contributed by atoms with Crippen molar-refractivity contribution in [3.05, 3.63) is 64.0 Å². The van der Waals surface area contributed by atoms with Crippen LogP contribution in [0.5, 0.6) is 0 Å². The second kappa shape index (κ2) is 6.40. The van der Waals surface area contributed by atoms with Crippen LogP contribution in [0.2, 0.25) is 0 Å². The second-order valence-corrected chi connectivity index (χ2v) is 5.15. The number of nitrogen functional groups attached to an aromatic ring is 2. The molecule has 0 atom stereocenters. The number of para-hydroxylation sites is 1. The first-order valence-electron chi connectivity index (χ1n) is 7.18. The largest absolute Gasteiger partial charge is 0.454 e. The number of hydrogen-bond acceptors (Lipinski definition) is 8. The topological polar surface area (TPSA) is 147 Å². The summed E-state index contributed by atoms with van der Waals surface area (Å²) in [5, 5.41) is 11.4.